The van der Waals surface area contributed by atoms with Crippen molar-refractivity contribution in [3.63, 3.8) is 0 Å². The molecule has 0 aliphatic carbocycles. The summed E-state index contributed by atoms with van der Waals surface area (Å²) in [6, 6.07) is 12.1. The predicted molar refractivity (Wildman–Crippen MR) is 108 cm³/mol. The number of nitriles is 1. The summed E-state index contributed by atoms with van der Waals surface area (Å²) in [4.78, 5) is 34.4. The van der Waals surface area contributed by atoms with Crippen molar-refractivity contribution in [3.8, 4) is 17.6 Å². The molecule has 0 saturated carbocycles. The van der Waals surface area contributed by atoms with E-state index in [1.54, 1.807) is 19.1 Å². The van der Waals surface area contributed by atoms with E-state index >= 15 is 0 Å². The number of benzene rings is 2. The first-order chi connectivity index (χ1) is 14.3. The number of nitrogens with one attached hydrogen (secondary N) is 1. The van der Waals surface area contributed by atoms with E-state index in [0.717, 1.165) is 0 Å². The van der Waals surface area contributed by atoms with Crippen molar-refractivity contribution in [2.24, 2.45) is 5.73 Å². The Kier molecular flexibility index (Phi) is 7.53. The highest BCUT2D eigenvalue weighted by atomic mass is 16.5. The van der Waals surface area contributed by atoms with Crippen molar-refractivity contribution >= 4 is 29.5 Å². The molecule has 154 valence electrons. The molecule has 9 heteroatoms. The molecule has 0 spiro atoms. The number of carboxylic acids is 1. The third-order valence-corrected chi connectivity index (χ3v) is 3.68. The number of aromatic carboxylic acids is 1. The molecule has 0 radical (unpaired) electrons. The lowest BCUT2D eigenvalue weighted by Gasteiger charge is -2.11. The summed E-state index contributed by atoms with van der Waals surface area (Å²) in [5.41, 5.74) is 5.60. The van der Waals surface area contributed by atoms with Crippen LogP contribution in [0.2, 0.25) is 0 Å². The van der Waals surface area contributed by atoms with E-state index in [2.05, 4.69) is 5.32 Å². The first-order valence-electron chi connectivity index (χ1n) is 8.78. The number of hydrogen-bond acceptors (Lipinski definition) is 6. The number of amides is 2. The van der Waals surface area contributed by atoms with Crippen molar-refractivity contribution in [2.45, 2.75) is 6.92 Å². The van der Waals surface area contributed by atoms with Crippen LogP contribution in [-0.2, 0) is 9.59 Å². The summed E-state index contributed by atoms with van der Waals surface area (Å²) in [5.74, 6) is -1.87. The monoisotopic (exact) mass is 409 g/mol. The molecule has 2 aromatic carbocycles. The lowest BCUT2D eigenvalue weighted by Crippen LogP contribution is -2.20. The third kappa shape index (κ3) is 6.10. The summed E-state index contributed by atoms with van der Waals surface area (Å²) in [7, 11) is 0. The fourth-order valence-electron chi connectivity index (χ4n) is 2.39. The Labute approximate surface area is 172 Å². The highest BCUT2D eigenvalue weighted by Crippen LogP contribution is 2.29. The van der Waals surface area contributed by atoms with E-state index in [4.69, 9.17) is 20.3 Å². The highest BCUT2D eigenvalue weighted by Gasteiger charge is 2.13. The molecule has 0 atom stereocenters. The zero-order valence-corrected chi connectivity index (χ0v) is 16.0. The van der Waals surface area contributed by atoms with E-state index in [0.29, 0.717) is 23.7 Å². The molecule has 0 aliphatic heterocycles. The van der Waals surface area contributed by atoms with E-state index in [1.165, 1.54) is 36.4 Å². The van der Waals surface area contributed by atoms with Gasteiger partial charge in [0.15, 0.2) is 18.1 Å². The van der Waals surface area contributed by atoms with Crippen LogP contribution in [0.15, 0.2) is 48.0 Å². The fourth-order valence-corrected chi connectivity index (χ4v) is 2.39. The molecule has 0 unspecified atom stereocenters. The van der Waals surface area contributed by atoms with Crippen molar-refractivity contribution in [1.82, 2.24) is 0 Å². The van der Waals surface area contributed by atoms with Crippen LogP contribution in [0.5, 0.6) is 11.5 Å². The molecule has 2 rings (SSSR count). The number of nitrogens with two attached hydrogens (primary N) is 1. The van der Waals surface area contributed by atoms with Crippen LogP contribution in [0.3, 0.4) is 0 Å². The summed E-state index contributed by atoms with van der Waals surface area (Å²) >= 11 is 0. The quantitative estimate of drug-likeness (QED) is 0.424. The SMILES string of the molecule is CCOc1cc(/C=C(/C#N)C(=O)Nc2cccc(C(=O)O)c2)ccc1OCC(N)=O. The molecule has 0 aliphatic rings. The first kappa shape index (κ1) is 22.0. The number of carboxylic acid groups (broad SMARTS) is 1. The van der Waals surface area contributed by atoms with Gasteiger partial charge in [-0.15, -0.1) is 0 Å². The second-order valence-electron chi connectivity index (χ2n) is 5.90. The first-order valence-corrected chi connectivity index (χ1v) is 8.78. The van der Waals surface area contributed by atoms with Crippen LogP contribution in [0.25, 0.3) is 6.08 Å². The smallest absolute Gasteiger partial charge is 0.335 e. The van der Waals surface area contributed by atoms with Gasteiger partial charge in [0, 0.05) is 5.69 Å². The maximum absolute atomic E-state index is 12.4. The molecular weight excluding hydrogens is 390 g/mol. The van der Waals surface area contributed by atoms with Gasteiger partial charge in [-0.25, -0.2) is 4.79 Å². The van der Waals surface area contributed by atoms with Gasteiger partial charge in [-0.05, 0) is 48.9 Å². The maximum atomic E-state index is 12.4. The van der Waals surface area contributed by atoms with Crippen molar-refractivity contribution in [3.05, 3.63) is 59.2 Å². The second kappa shape index (κ2) is 10.3. The van der Waals surface area contributed by atoms with Gasteiger partial charge in [-0.2, -0.15) is 5.26 Å². The molecule has 2 amide bonds. The molecular formula is C21H19N3O6. The lowest BCUT2D eigenvalue weighted by molar-refractivity contribution is -0.120. The van der Waals surface area contributed by atoms with E-state index < -0.39 is 17.8 Å². The number of carbonyl (C=O) groups is 3. The summed E-state index contributed by atoms with van der Waals surface area (Å²) in [5, 5.41) is 20.9. The highest BCUT2D eigenvalue weighted by molar-refractivity contribution is 6.10. The van der Waals surface area contributed by atoms with E-state index in [1.807, 2.05) is 6.07 Å². The largest absolute Gasteiger partial charge is 0.490 e. The minimum absolute atomic E-state index is 0.00296. The Morgan fingerprint density at radius 1 is 1.17 bits per heavy atom. The molecule has 2 aromatic rings. The maximum Gasteiger partial charge on any atom is 0.335 e. The van der Waals surface area contributed by atoms with E-state index in [9.17, 15) is 19.6 Å². The van der Waals surface area contributed by atoms with Crippen LogP contribution in [-0.4, -0.2) is 36.1 Å². The Morgan fingerprint density at radius 3 is 2.57 bits per heavy atom. The molecule has 4 N–H and O–H groups in total. The zero-order valence-electron chi connectivity index (χ0n) is 16.0. The van der Waals surface area contributed by atoms with Crippen LogP contribution < -0.4 is 20.5 Å². The Morgan fingerprint density at radius 2 is 1.93 bits per heavy atom. The lowest BCUT2D eigenvalue weighted by atomic mass is 10.1. The minimum Gasteiger partial charge on any atom is -0.490 e. The normalized spacial score (nSPS) is 10.6. The zero-order chi connectivity index (χ0) is 22.1. The van der Waals surface area contributed by atoms with E-state index in [-0.39, 0.29) is 23.4 Å². The molecule has 9 nitrogen and oxygen atoms in total. The summed E-state index contributed by atoms with van der Waals surface area (Å²) in [6.07, 6.45) is 1.34. The van der Waals surface area contributed by atoms with Gasteiger partial charge in [0.1, 0.15) is 11.6 Å². The predicted octanol–water partition coefficient (Wildman–Crippen LogP) is 2.19. The van der Waals surface area contributed by atoms with Crippen molar-refractivity contribution < 1.29 is 29.0 Å². The van der Waals surface area contributed by atoms with Gasteiger partial charge in [0.2, 0.25) is 0 Å². The molecule has 0 heterocycles. The second-order valence-corrected chi connectivity index (χ2v) is 5.90. The van der Waals surface area contributed by atoms with Crippen LogP contribution in [0, 0.1) is 11.3 Å². The molecule has 0 fully saturated rings. The minimum atomic E-state index is -1.13. The van der Waals surface area contributed by atoms with Crippen molar-refractivity contribution in [1.29, 1.82) is 5.26 Å². The number of rotatable bonds is 9. The van der Waals surface area contributed by atoms with Crippen LogP contribution in [0.1, 0.15) is 22.8 Å². The fraction of sp³-hybridized carbons (Fsp3) is 0.143. The third-order valence-electron chi connectivity index (χ3n) is 3.68. The number of anilines is 1. The van der Waals surface area contributed by atoms with Crippen molar-refractivity contribution in [2.75, 3.05) is 18.5 Å². The Bertz CT molecular complexity index is 1040. The Hall–Kier alpha value is -4.32. The topological polar surface area (TPSA) is 152 Å². The van der Waals surface area contributed by atoms with Gasteiger partial charge >= 0.3 is 5.97 Å². The number of ether oxygens (including phenoxy) is 2. The number of nitrogens with zero attached hydrogens (tertiary/aromatic N) is 1. The average Bonchev–Trinajstić information content (AvgIpc) is 2.71. The van der Waals surface area contributed by atoms with Gasteiger partial charge < -0.3 is 25.6 Å². The number of primary amides is 1. The molecule has 0 aromatic heterocycles. The average molecular weight is 409 g/mol. The van der Waals surface area contributed by atoms with Gasteiger partial charge in [0.25, 0.3) is 11.8 Å². The van der Waals surface area contributed by atoms with Gasteiger partial charge in [0.05, 0.1) is 12.2 Å². The summed E-state index contributed by atoms with van der Waals surface area (Å²) in [6.45, 7) is 1.77. The Balaban J connectivity index is 2.25. The van der Waals surface area contributed by atoms with Gasteiger partial charge in [-0.1, -0.05) is 12.1 Å². The molecule has 0 bridgehead atoms. The van der Waals surface area contributed by atoms with Crippen LogP contribution in [0.4, 0.5) is 5.69 Å². The number of hydrogen-bond donors (Lipinski definition) is 3. The van der Waals surface area contributed by atoms with Gasteiger partial charge in [-0.3, -0.25) is 9.59 Å². The number of carbonyl (C=O) groups excluding carboxylic acids is 2. The standard InChI is InChI=1S/C21H19N3O6/c1-2-29-18-9-13(6-7-17(18)30-12-19(23)25)8-15(11-22)20(26)24-16-5-3-4-14(10-16)21(27)28/h3-10H,2,12H2,1H3,(H2,23,25)(H,24,26)(H,27,28)/b15-8-. The molecule has 30 heavy (non-hydrogen) atoms. The summed E-state index contributed by atoms with van der Waals surface area (Å²) < 4.78 is 10.8. The molecule has 0 saturated heterocycles. The van der Waals surface area contributed by atoms with Crippen LogP contribution >= 0.6 is 0 Å².